The van der Waals surface area contributed by atoms with Crippen molar-refractivity contribution in [3.63, 3.8) is 0 Å². The van der Waals surface area contributed by atoms with Crippen LogP contribution in [0, 0.1) is 0 Å². The molecule has 0 rings (SSSR count). The largest absolute Gasteiger partial charge is 0.412 e. The maximum atomic E-state index is 3.17. The molecule has 1 atom stereocenters. The van der Waals surface area contributed by atoms with Gasteiger partial charge in [0.2, 0.25) is 0 Å². The fraction of sp³-hybridized carbons (Fsp3) is 1.00. The van der Waals surface area contributed by atoms with Crippen LogP contribution in [0.3, 0.4) is 0 Å². The van der Waals surface area contributed by atoms with Crippen LogP contribution < -0.4 is 0 Å². The van der Waals surface area contributed by atoms with Crippen molar-refractivity contribution in [2.24, 2.45) is 0 Å². The molecule has 0 aromatic heterocycles. The van der Waals surface area contributed by atoms with Crippen molar-refractivity contribution in [3.05, 3.63) is 0 Å². The maximum absolute atomic E-state index is 3.17. The second-order valence-electron chi connectivity index (χ2n) is 4.67. The van der Waals surface area contributed by atoms with E-state index in [1.165, 1.54) is 57.8 Å². The fourth-order valence-electron chi connectivity index (χ4n) is 1.96. The molecule has 0 aliphatic heterocycles. The van der Waals surface area contributed by atoms with Gasteiger partial charge in [-0.2, -0.15) is 0 Å². The highest BCUT2D eigenvalue weighted by Gasteiger charge is 2.22. The van der Waals surface area contributed by atoms with Crippen molar-refractivity contribution in [1.82, 2.24) is 0 Å². The first-order chi connectivity index (χ1) is 6.68. The second-order valence-corrected chi connectivity index (χ2v) is 5.90. The summed E-state index contributed by atoms with van der Waals surface area (Å²) in [7, 11) is 3.17. The Morgan fingerprint density at radius 1 is 0.733 bits per heavy atom. The molecule has 0 heterocycles. The summed E-state index contributed by atoms with van der Waals surface area (Å²) < 4.78 is 0. The molecule has 0 fully saturated rings. The van der Waals surface area contributed by atoms with Gasteiger partial charge >= 0.3 is 0 Å². The average molecular weight is 234 g/mol. The van der Waals surface area contributed by atoms with E-state index in [9.17, 15) is 0 Å². The molecule has 0 aliphatic carbocycles. The summed E-state index contributed by atoms with van der Waals surface area (Å²) in [5, 5.41) is 0.571. The molecule has 0 radical (unpaired) electrons. The van der Waals surface area contributed by atoms with Crippen molar-refractivity contribution < 1.29 is 5.48 Å². The molecule has 0 aromatic rings. The van der Waals surface area contributed by atoms with Gasteiger partial charge in [0.25, 0.3) is 0 Å². The first kappa shape index (κ1) is 17.8. The van der Waals surface area contributed by atoms with E-state index in [4.69, 9.17) is 0 Å². The van der Waals surface area contributed by atoms with Gasteiger partial charge < -0.3 is 5.48 Å². The highest BCUT2D eigenvalue weighted by molar-refractivity contribution is 7.19. The number of hydrogen-bond acceptors (Lipinski definition) is 0. The van der Waals surface area contributed by atoms with E-state index in [2.05, 4.69) is 30.0 Å². The van der Waals surface area contributed by atoms with Crippen LogP contribution in [0.2, 0.25) is 0 Å². The van der Waals surface area contributed by atoms with Gasteiger partial charge in [-0.1, -0.05) is 59.3 Å². The van der Waals surface area contributed by atoms with E-state index >= 15 is 0 Å². The minimum Gasteiger partial charge on any atom is -0.412 e. The Balaban J connectivity index is 0. The van der Waals surface area contributed by atoms with Gasteiger partial charge in [0.15, 0.2) is 0 Å². The van der Waals surface area contributed by atoms with Crippen LogP contribution in [-0.2, 0) is 0 Å². The molecule has 0 saturated heterocycles. The zero-order valence-corrected chi connectivity index (χ0v) is 12.1. The first-order valence-electron chi connectivity index (χ1n) is 6.47. The van der Waals surface area contributed by atoms with Gasteiger partial charge in [0.05, 0.1) is 0 Å². The van der Waals surface area contributed by atoms with Gasteiger partial charge in [-0.05, 0) is 24.4 Å². The minimum atomic E-state index is 0. The summed E-state index contributed by atoms with van der Waals surface area (Å²) in [5.74, 6) is 0. The van der Waals surface area contributed by atoms with Crippen LogP contribution >= 0.6 is 9.24 Å². The summed E-state index contributed by atoms with van der Waals surface area (Å²) in [6.45, 7) is 6.89. The molecular formula is C13H31OP. The Morgan fingerprint density at radius 2 is 1.00 bits per heavy atom. The van der Waals surface area contributed by atoms with E-state index in [1.807, 2.05) is 0 Å². The molecule has 1 nitrogen and oxygen atoms in total. The van der Waals surface area contributed by atoms with Crippen LogP contribution in [0.1, 0.15) is 78.6 Å². The molecule has 0 aliphatic rings. The fourth-order valence-corrected chi connectivity index (χ4v) is 2.57. The van der Waals surface area contributed by atoms with E-state index < -0.39 is 0 Å². The van der Waals surface area contributed by atoms with Gasteiger partial charge in [-0.25, -0.2) is 0 Å². The number of unbranched alkanes of at least 4 members (excludes halogenated alkanes) is 3. The SMILES string of the molecule is CCCCC(P)(CCCC)CCCC.O. The van der Waals surface area contributed by atoms with Crippen LogP contribution in [0.25, 0.3) is 0 Å². The Morgan fingerprint density at radius 3 is 1.20 bits per heavy atom. The van der Waals surface area contributed by atoms with Crippen molar-refractivity contribution in [2.75, 3.05) is 0 Å². The summed E-state index contributed by atoms with van der Waals surface area (Å²) in [6, 6.07) is 0. The second kappa shape index (κ2) is 10.9. The Hall–Kier alpha value is 0.390. The summed E-state index contributed by atoms with van der Waals surface area (Å²) >= 11 is 0. The van der Waals surface area contributed by atoms with Crippen LogP contribution in [0.15, 0.2) is 0 Å². The minimum absolute atomic E-state index is 0. The highest BCUT2D eigenvalue weighted by atomic mass is 31.0. The summed E-state index contributed by atoms with van der Waals surface area (Å²) in [4.78, 5) is 0. The van der Waals surface area contributed by atoms with E-state index in [0.717, 1.165) is 0 Å². The van der Waals surface area contributed by atoms with E-state index in [1.54, 1.807) is 0 Å². The lowest BCUT2D eigenvalue weighted by atomic mass is 9.90. The maximum Gasteiger partial charge on any atom is -0.0150 e. The van der Waals surface area contributed by atoms with Crippen LogP contribution in [0.5, 0.6) is 0 Å². The molecule has 0 saturated carbocycles. The van der Waals surface area contributed by atoms with Crippen molar-refractivity contribution in [2.45, 2.75) is 83.7 Å². The highest BCUT2D eigenvalue weighted by Crippen LogP contribution is 2.36. The lowest BCUT2D eigenvalue weighted by Gasteiger charge is -2.29. The standard InChI is InChI=1S/C13H29P.H2O/c1-4-7-10-13(14,11-8-5-2)12-9-6-3;/h4-12,14H2,1-3H3;1H2. The third-order valence-electron chi connectivity index (χ3n) is 3.08. The van der Waals surface area contributed by atoms with Crippen molar-refractivity contribution >= 4 is 9.24 Å². The average Bonchev–Trinajstić information content (AvgIpc) is 2.21. The molecule has 0 amide bonds. The van der Waals surface area contributed by atoms with Crippen LogP contribution in [0.4, 0.5) is 0 Å². The quantitative estimate of drug-likeness (QED) is 0.531. The van der Waals surface area contributed by atoms with Gasteiger partial charge in [-0.3, -0.25) is 0 Å². The molecule has 2 heteroatoms. The third kappa shape index (κ3) is 9.33. The van der Waals surface area contributed by atoms with E-state index in [0.29, 0.717) is 5.16 Å². The molecule has 2 N–H and O–H groups in total. The predicted octanol–water partition coefficient (Wildman–Crippen LogP) is 4.35. The van der Waals surface area contributed by atoms with Gasteiger partial charge in [0, 0.05) is 0 Å². The molecule has 94 valence electrons. The van der Waals surface area contributed by atoms with Crippen LogP contribution in [-0.4, -0.2) is 10.6 Å². The number of rotatable bonds is 9. The molecule has 0 bridgehead atoms. The third-order valence-corrected chi connectivity index (χ3v) is 3.95. The molecule has 15 heavy (non-hydrogen) atoms. The topological polar surface area (TPSA) is 31.5 Å². The Bertz CT molecular complexity index is 104. The summed E-state index contributed by atoms with van der Waals surface area (Å²) in [6.07, 6.45) is 12.5. The smallest absolute Gasteiger partial charge is 0.0150 e. The molecule has 0 spiro atoms. The first-order valence-corrected chi connectivity index (χ1v) is 7.05. The van der Waals surface area contributed by atoms with Gasteiger partial charge in [-0.15, -0.1) is 9.24 Å². The van der Waals surface area contributed by atoms with Crippen molar-refractivity contribution in [1.29, 1.82) is 0 Å². The Labute approximate surface area is 98.9 Å². The normalized spacial score (nSPS) is 11.2. The lowest BCUT2D eigenvalue weighted by molar-refractivity contribution is 0.424. The summed E-state index contributed by atoms with van der Waals surface area (Å²) in [5.41, 5.74) is 0. The molecule has 0 aromatic carbocycles. The molecule has 1 unspecified atom stereocenters. The van der Waals surface area contributed by atoms with Gasteiger partial charge in [0.1, 0.15) is 0 Å². The molecular weight excluding hydrogens is 203 g/mol. The number of hydrogen-bond donors (Lipinski definition) is 0. The van der Waals surface area contributed by atoms with Crippen molar-refractivity contribution in [3.8, 4) is 0 Å². The lowest BCUT2D eigenvalue weighted by Crippen LogP contribution is -2.20. The zero-order chi connectivity index (χ0) is 10.9. The van der Waals surface area contributed by atoms with E-state index in [-0.39, 0.29) is 5.48 Å². The zero-order valence-electron chi connectivity index (χ0n) is 10.9. The Kier molecular flexibility index (Phi) is 12.9. The monoisotopic (exact) mass is 234 g/mol. The predicted molar refractivity (Wildman–Crippen MR) is 74.6 cm³/mol.